The third kappa shape index (κ3) is 3.85. The number of benzene rings is 1. The van der Waals surface area contributed by atoms with Gasteiger partial charge in [0.2, 0.25) is 17.4 Å². The summed E-state index contributed by atoms with van der Waals surface area (Å²) < 4.78 is 0. The van der Waals surface area contributed by atoms with Crippen LogP contribution in [-0.2, 0) is 4.79 Å². The van der Waals surface area contributed by atoms with Gasteiger partial charge in [0.05, 0.1) is 30.1 Å². The Bertz CT molecular complexity index is 948. The lowest BCUT2D eigenvalue weighted by atomic mass is 10.2. The molecule has 27 heavy (non-hydrogen) atoms. The Balaban J connectivity index is 1.52. The smallest absolute Gasteiger partial charge is 0.351 e. The van der Waals surface area contributed by atoms with Crippen molar-refractivity contribution in [2.45, 2.75) is 25.3 Å². The summed E-state index contributed by atoms with van der Waals surface area (Å²) in [6.07, 6.45) is 4.37. The second kappa shape index (κ2) is 7.24. The number of hydrogen-bond acceptors (Lipinski definition) is 5. The molecule has 0 unspecified atom stereocenters. The number of aliphatic hydroxyl groups is 1. The first-order chi connectivity index (χ1) is 13.1. The van der Waals surface area contributed by atoms with Gasteiger partial charge in [0.1, 0.15) is 0 Å². The Kier molecular flexibility index (Phi) is 4.64. The average molecular weight is 367 g/mol. The molecule has 1 amide bonds. The maximum Gasteiger partial charge on any atom is 0.351 e. The fraction of sp³-hybridized carbons (Fsp3) is 0.316. The predicted molar refractivity (Wildman–Crippen MR) is 104 cm³/mol. The van der Waals surface area contributed by atoms with E-state index in [2.05, 4.69) is 25.6 Å². The molecule has 0 aliphatic heterocycles. The van der Waals surface area contributed by atoms with Crippen LogP contribution in [0.5, 0.6) is 0 Å². The maximum absolute atomic E-state index is 11.9. The van der Waals surface area contributed by atoms with Crippen LogP contribution in [0.1, 0.15) is 19.3 Å². The van der Waals surface area contributed by atoms with Crippen molar-refractivity contribution < 1.29 is 14.9 Å². The second-order valence-corrected chi connectivity index (χ2v) is 6.72. The van der Waals surface area contributed by atoms with Crippen LogP contribution in [0, 0.1) is 0 Å². The first kappa shape index (κ1) is 17.3. The summed E-state index contributed by atoms with van der Waals surface area (Å²) in [6, 6.07) is 10.0. The SMILES string of the molecule is CN(C(=O)CCO)c1ccc(Nc2nc3[nH]ccc3c(NC3CC3)[nH+]2)cc1. The largest absolute Gasteiger partial charge is 0.396 e. The van der Waals surface area contributed by atoms with Crippen LogP contribution in [0.4, 0.5) is 23.1 Å². The molecule has 1 saturated carbocycles. The summed E-state index contributed by atoms with van der Waals surface area (Å²) in [5, 5.41) is 16.7. The van der Waals surface area contributed by atoms with E-state index in [1.165, 1.54) is 17.7 Å². The normalized spacial score (nSPS) is 13.6. The van der Waals surface area contributed by atoms with E-state index in [-0.39, 0.29) is 18.9 Å². The summed E-state index contributed by atoms with van der Waals surface area (Å²) in [4.78, 5) is 24.5. The predicted octanol–water partition coefficient (Wildman–Crippen LogP) is 2.04. The highest BCUT2D eigenvalue weighted by Crippen LogP contribution is 2.27. The van der Waals surface area contributed by atoms with Gasteiger partial charge < -0.3 is 20.3 Å². The number of carbonyl (C=O) groups excluding carboxylic acids is 1. The molecule has 0 radical (unpaired) electrons. The number of rotatable bonds is 7. The lowest BCUT2D eigenvalue weighted by molar-refractivity contribution is -0.345. The molecule has 0 spiro atoms. The number of fused-ring (bicyclic) bond motifs is 1. The van der Waals surface area contributed by atoms with Crippen LogP contribution in [-0.4, -0.2) is 40.7 Å². The van der Waals surface area contributed by atoms with E-state index in [1.807, 2.05) is 36.5 Å². The van der Waals surface area contributed by atoms with Crippen molar-refractivity contribution in [2.75, 3.05) is 29.2 Å². The summed E-state index contributed by atoms with van der Waals surface area (Å²) in [7, 11) is 1.70. The van der Waals surface area contributed by atoms with E-state index in [0.717, 1.165) is 28.2 Å². The zero-order chi connectivity index (χ0) is 18.8. The number of hydrogen-bond donors (Lipinski definition) is 4. The van der Waals surface area contributed by atoms with E-state index in [9.17, 15) is 4.79 Å². The number of nitrogens with zero attached hydrogens (tertiary/aromatic N) is 2. The molecule has 0 atom stereocenters. The molecule has 4 rings (SSSR count). The van der Waals surface area contributed by atoms with Crippen molar-refractivity contribution >= 4 is 40.1 Å². The minimum absolute atomic E-state index is 0.113. The van der Waals surface area contributed by atoms with Crippen molar-refractivity contribution in [3.63, 3.8) is 0 Å². The standard InChI is InChI=1S/C19H22N6O2/c1-25(16(27)9-11-26)14-6-4-13(5-7-14)22-19-23-17-15(8-10-20-17)18(24-19)21-12-2-3-12/h4-8,10,12,26H,2-3,9,11H2,1H3,(H3,20,21,22,23,24)/p+1. The molecular formula is C19H23N6O2+. The van der Waals surface area contributed by atoms with Crippen LogP contribution >= 0.6 is 0 Å². The number of H-pyrrole nitrogens is 2. The fourth-order valence-electron chi connectivity index (χ4n) is 2.90. The minimum atomic E-state index is -0.150. The maximum atomic E-state index is 11.9. The van der Waals surface area contributed by atoms with Gasteiger partial charge in [-0.3, -0.25) is 10.1 Å². The summed E-state index contributed by atoms with van der Waals surface area (Å²) in [6.45, 7) is -0.150. The number of aromatic amines is 2. The van der Waals surface area contributed by atoms with Crippen molar-refractivity contribution in [3.05, 3.63) is 36.5 Å². The zero-order valence-electron chi connectivity index (χ0n) is 15.1. The third-order valence-electron chi connectivity index (χ3n) is 4.60. The molecular weight excluding hydrogens is 344 g/mol. The first-order valence-corrected chi connectivity index (χ1v) is 9.05. The van der Waals surface area contributed by atoms with Crippen LogP contribution in [0.25, 0.3) is 11.0 Å². The van der Waals surface area contributed by atoms with E-state index in [4.69, 9.17) is 5.11 Å². The number of amides is 1. The molecule has 5 N–H and O–H groups in total. The lowest BCUT2D eigenvalue weighted by Crippen LogP contribution is -2.26. The van der Waals surface area contributed by atoms with E-state index in [0.29, 0.717) is 12.0 Å². The van der Waals surface area contributed by atoms with E-state index >= 15 is 0 Å². The molecule has 140 valence electrons. The quantitative estimate of drug-likeness (QED) is 0.511. The number of aliphatic hydroxyl groups excluding tert-OH is 1. The number of nitrogens with one attached hydrogen (secondary N) is 4. The van der Waals surface area contributed by atoms with Crippen LogP contribution in [0.3, 0.4) is 0 Å². The summed E-state index contributed by atoms with van der Waals surface area (Å²) in [5.41, 5.74) is 2.44. The Morgan fingerprint density at radius 2 is 2.11 bits per heavy atom. The molecule has 3 aromatic rings. The molecule has 0 bridgehead atoms. The van der Waals surface area contributed by atoms with Gasteiger partial charge in [0.15, 0.2) is 0 Å². The lowest BCUT2D eigenvalue weighted by Gasteiger charge is -2.17. The van der Waals surface area contributed by atoms with Gasteiger partial charge in [0.25, 0.3) is 0 Å². The molecule has 1 aliphatic rings. The topological polar surface area (TPSA) is 107 Å². The Hall–Kier alpha value is -3.13. The third-order valence-corrected chi connectivity index (χ3v) is 4.60. The van der Waals surface area contributed by atoms with E-state index in [1.54, 1.807) is 7.05 Å². The second-order valence-electron chi connectivity index (χ2n) is 6.72. The molecule has 0 saturated heterocycles. The number of carbonyl (C=O) groups is 1. The van der Waals surface area contributed by atoms with Crippen molar-refractivity contribution in [2.24, 2.45) is 0 Å². The van der Waals surface area contributed by atoms with Gasteiger partial charge in [0, 0.05) is 18.9 Å². The molecule has 8 nitrogen and oxygen atoms in total. The van der Waals surface area contributed by atoms with Crippen molar-refractivity contribution in [1.29, 1.82) is 0 Å². The highest BCUT2D eigenvalue weighted by molar-refractivity contribution is 5.93. The highest BCUT2D eigenvalue weighted by Gasteiger charge is 2.26. The molecule has 2 aromatic heterocycles. The van der Waals surface area contributed by atoms with Crippen LogP contribution in [0.2, 0.25) is 0 Å². The van der Waals surface area contributed by atoms with Crippen LogP contribution < -0.4 is 20.5 Å². The zero-order valence-corrected chi connectivity index (χ0v) is 15.1. The molecule has 1 fully saturated rings. The van der Waals surface area contributed by atoms with Gasteiger partial charge in [-0.1, -0.05) is 4.98 Å². The minimum Gasteiger partial charge on any atom is -0.396 e. The highest BCUT2D eigenvalue weighted by atomic mass is 16.3. The van der Waals surface area contributed by atoms with Crippen molar-refractivity contribution in [3.8, 4) is 0 Å². The number of anilines is 4. The molecule has 2 heterocycles. The summed E-state index contributed by atoms with van der Waals surface area (Å²) >= 11 is 0. The summed E-state index contributed by atoms with van der Waals surface area (Å²) in [5.74, 6) is 1.46. The molecule has 8 heteroatoms. The van der Waals surface area contributed by atoms with E-state index < -0.39 is 0 Å². The van der Waals surface area contributed by atoms with Gasteiger partial charge >= 0.3 is 5.95 Å². The fourth-order valence-corrected chi connectivity index (χ4v) is 2.90. The van der Waals surface area contributed by atoms with Gasteiger partial charge in [-0.05, 0) is 43.2 Å². The van der Waals surface area contributed by atoms with Gasteiger partial charge in [-0.2, -0.15) is 0 Å². The Morgan fingerprint density at radius 1 is 1.33 bits per heavy atom. The van der Waals surface area contributed by atoms with Crippen LogP contribution in [0.15, 0.2) is 36.5 Å². The Morgan fingerprint density at radius 3 is 2.81 bits per heavy atom. The van der Waals surface area contributed by atoms with Gasteiger partial charge in [-0.25, -0.2) is 4.98 Å². The number of aromatic nitrogens is 3. The molecule has 1 aliphatic carbocycles. The monoisotopic (exact) mass is 367 g/mol. The van der Waals surface area contributed by atoms with Crippen molar-refractivity contribution in [1.82, 2.24) is 9.97 Å². The van der Waals surface area contributed by atoms with Gasteiger partial charge in [-0.15, -0.1) is 0 Å². The average Bonchev–Trinajstić information content (AvgIpc) is 3.35. The molecule has 1 aromatic carbocycles. The Labute approximate surface area is 156 Å². The first-order valence-electron chi connectivity index (χ1n) is 9.05.